The third kappa shape index (κ3) is 4.06. The van der Waals surface area contributed by atoms with Crippen LogP contribution in [0.5, 0.6) is 0 Å². The van der Waals surface area contributed by atoms with Gasteiger partial charge in [-0.05, 0) is 56.2 Å². The van der Waals surface area contributed by atoms with Crippen molar-refractivity contribution in [1.29, 1.82) is 0 Å². The molecule has 1 fully saturated rings. The molecular weight excluding hydrogens is 440 g/mol. The largest absolute Gasteiger partial charge is 0.341 e. The van der Waals surface area contributed by atoms with E-state index in [0.29, 0.717) is 27.4 Å². The summed E-state index contributed by atoms with van der Waals surface area (Å²) in [4.78, 5) is 28.5. The number of fused-ring (bicyclic) bond motifs is 1. The Balaban J connectivity index is 1.65. The zero-order chi connectivity index (χ0) is 22.9. The Hall–Kier alpha value is -3.39. The number of aromatic nitrogens is 5. The van der Waals surface area contributed by atoms with Crippen molar-refractivity contribution < 1.29 is 4.79 Å². The van der Waals surface area contributed by atoms with Crippen LogP contribution in [-0.4, -0.2) is 48.0 Å². The summed E-state index contributed by atoms with van der Waals surface area (Å²) >= 11 is 6.08. The second-order valence-electron chi connectivity index (χ2n) is 8.37. The van der Waals surface area contributed by atoms with E-state index in [2.05, 4.69) is 5.10 Å². The third-order valence-electron chi connectivity index (χ3n) is 6.09. The topological polar surface area (TPSA) is 78.0 Å². The van der Waals surface area contributed by atoms with Crippen molar-refractivity contribution in [1.82, 2.24) is 29.0 Å². The molecule has 0 bridgehead atoms. The van der Waals surface area contributed by atoms with Gasteiger partial charge in [0, 0.05) is 30.5 Å². The third-order valence-corrected chi connectivity index (χ3v) is 6.34. The lowest BCUT2D eigenvalue weighted by atomic mass is 10.2. The molecular formula is C24H25ClN6O2. The number of carbonyl (C=O) groups excluding carboxylic acids is 1. The molecule has 3 aromatic heterocycles. The fraction of sp³-hybridized carbons (Fsp3) is 0.333. The number of likely N-dealkylation sites (tertiary alicyclic amines) is 1. The average Bonchev–Trinajstić information content (AvgIpc) is 3.39. The van der Waals surface area contributed by atoms with Crippen LogP contribution in [-0.2, 0) is 11.3 Å². The zero-order valence-electron chi connectivity index (χ0n) is 18.4. The van der Waals surface area contributed by atoms with Gasteiger partial charge in [-0.2, -0.15) is 10.2 Å². The Morgan fingerprint density at radius 2 is 1.67 bits per heavy atom. The van der Waals surface area contributed by atoms with E-state index in [1.807, 2.05) is 53.0 Å². The average molecular weight is 465 g/mol. The van der Waals surface area contributed by atoms with Crippen molar-refractivity contribution in [3.8, 4) is 11.5 Å². The fourth-order valence-corrected chi connectivity index (χ4v) is 4.52. The molecule has 1 aliphatic rings. The van der Waals surface area contributed by atoms with Gasteiger partial charge in [0.1, 0.15) is 17.4 Å². The van der Waals surface area contributed by atoms with Crippen LogP contribution >= 0.6 is 11.6 Å². The highest BCUT2D eigenvalue weighted by Gasteiger charge is 2.23. The van der Waals surface area contributed by atoms with Gasteiger partial charge >= 0.3 is 0 Å². The monoisotopic (exact) mass is 464 g/mol. The molecule has 0 aliphatic carbocycles. The maximum Gasteiger partial charge on any atom is 0.280 e. The molecule has 1 saturated heterocycles. The molecule has 0 atom stereocenters. The van der Waals surface area contributed by atoms with E-state index in [1.165, 1.54) is 4.68 Å². The lowest BCUT2D eigenvalue weighted by Crippen LogP contribution is -2.38. The molecule has 1 aliphatic heterocycles. The molecule has 8 nitrogen and oxygen atoms in total. The minimum atomic E-state index is -0.331. The zero-order valence-corrected chi connectivity index (χ0v) is 19.2. The summed E-state index contributed by atoms with van der Waals surface area (Å²) in [6.45, 7) is 3.20. The molecule has 0 saturated carbocycles. The number of nitrogens with zero attached hydrogens (tertiary/aromatic N) is 6. The molecule has 33 heavy (non-hydrogen) atoms. The van der Waals surface area contributed by atoms with Gasteiger partial charge in [0.05, 0.1) is 11.4 Å². The number of halogens is 1. The van der Waals surface area contributed by atoms with Crippen molar-refractivity contribution >= 4 is 28.4 Å². The van der Waals surface area contributed by atoms with Gasteiger partial charge in [-0.3, -0.25) is 9.59 Å². The van der Waals surface area contributed by atoms with E-state index in [0.717, 1.165) is 44.5 Å². The van der Waals surface area contributed by atoms with Crippen molar-refractivity contribution in [2.24, 2.45) is 0 Å². The van der Waals surface area contributed by atoms with Gasteiger partial charge in [-0.15, -0.1) is 0 Å². The van der Waals surface area contributed by atoms with Crippen LogP contribution in [0, 0.1) is 6.92 Å². The summed E-state index contributed by atoms with van der Waals surface area (Å²) in [5.74, 6) is 0.529. The number of aryl methyl sites for hydroxylation is 1. The van der Waals surface area contributed by atoms with Gasteiger partial charge in [-0.1, -0.05) is 24.4 Å². The van der Waals surface area contributed by atoms with Crippen molar-refractivity contribution in [3.63, 3.8) is 0 Å². The van der Waals surface area contributed by atoms with Crippen LogP contribution in [0.2, 0.25) is 5.02 Å². The highest BCUT2D eigenvalue weighted by molar-refractivity contribution is 6.30. The van der Waals surface area contributed by atoms with E-state index in [-0.39, 0.29) is 18.0 Å². The van der Waals surface area contributed by atoms with Crippen molar-refractivity contribution in [2.75, 3.05) is 13.1 Å². The van der Waals surface area contributed by atoms with Gasteiger partial charge in [0.25, 0.3) is 5.56 Å². The Morgan fingerprint density at radius 1 is 1.00 bits per heavy atom. The Kier molecular flexibility index (Phi) is 5.76. The summed E-state index contributed by atoms with van der Waals surface area (Å²) in [6, 6.07) is 11.1. The summed E-state index contributed by atoms with van der Waals surface area (Å²) < 4.78 is 4.86. The Bertz CT molecular complexity index is 1350. The molecule has 9 heteroatoms. The van der Waals surface area contributed by atoms with E-state index in [9.17, 15) is 9.59 Å². The van der Waals surface area contributed by atoms with Gasteiger partial charge < -0.3 is 9.47 Å². The Morgan fingerprint density at radius 3 is 2.33 bits per heavy atom. The van der Waals surface area contributed by atoms with Crippen LogP contribution < -0.4 is 5.56 Å². The van der Waals surface area contributed by atoms with Crippen LogP contribution in [0.3, 0.4) is 0 Å². The number of amides is 1. The van der Waals surface area contributed by atoms with E-state index < -0.39 is 0 Å². The molecule has 170 valence electrons. The molecule has 0 radical (unpaired) electrons. The van der Waals surface area contributed by atoms with Gasteiger partial charge in [0.2, 0.25) is 5.91 Å². The summed E-state index contributed by atoms with van der Waals surface area (Å²) in [7, 11) is 0. The number of rotatable bonds is 4. The highest BCUT2D eigenvalue weighted by atomic mass is 35.5. The minimum absolute atomic E-state index is 0.0714. The number of hydrogen-bond donors (Lipinski definition) is 0. The van der Waals surface area contributed by atoms with E-state index in [4.69, 9.17) is 16.7 Å². The molecule has 4 aromatic rings. The summed E-state index contributed by atoms with van der Waals surface area (Å²) in [6.07, 6.45) is 8.00. The van der Waals surface area contributed by atoms with Crippen molar-refractivity contribution in [3.05, 3.63) is 69.9 Å². The van der Waals surface area contributed by atoms with E-state index >= 15 is 0 Å². The minimum Gasteiger partial charge on any atom is -0.341 e. The van der Waals surface area contributed by atoms with Crippen LogP contribution in [0.15, 0.2) is 53.6 Å². The first-order valence-electron chi connectivity index (χ1n) is 11.2. The maximum atomic E-state index is 13.6. The van der Waals surface area contributed by atoms with Crippen LogP contribution in [0.25, 0.3) is 22.4 Å². The quantitative estimate of drug-likeness (QED) is 0.461. The number of benzene rings is 1. The molecule has 5 rings (SSSR count). The summed E-state index contributed by atoms with van der Waals surface area (Å²) in [5, 5.41) is 10.2. The predicted molar refractivity (Wildman–Crippen MR) is 127 cm³/mol. The predicted octanol–water partition coefficient (Wildman–Crippen LogP) is 3.74. The first-order chi connectivity index (χ1) is 16.0. The second-order valence-corrected chi connectivity index (χ2v) is 8.81. The smallest absolute Gasteiger partial charge is 0.280 e. The standard InChI is InChI=1S/C24H25ClN6O2/c1-17-22-21(24(33)30(26-17)16-20(32)28-12-4-2-3-5-13-28)23(29-14-6-7-15-29)31(27-22)19-10-8-18(25)9-11-19/h6-11,14-15H,2-5,12-13,16H2,1H3. The van der Waals surface area contributed by atoms with Crippen LogP contribution in [0.4, 0.5) is 0 Å². The van der Waals surface area contributed by atoms with E-state index in [1.54, 1.807) is 16.8 Å². The number of hydrogen-bond acceptors (Lipinski definition) is 4. The van der Waals surface area contributed by atoms with Gasteiger partial charge in [0.15, 0.2) is 5.82 Å². The van der Waals surface area contributed by atoms with Crippen LogP contribution in [0.1, 0.15) is 31.4 Å². The fourth-order valence-electron chi connectivity index (χ4n) is 4.39. The van der Waals surface area contributed by atoms with Crippen molar-refractivity contribution in [2.45, 2.75) is 39.2 Å². The first-order valence-corrected chi connectivity index (χ1v) is 11.6. The molecule has 0 N–H and O–H groups in total. The molecule has 0 unspecified atom stereocenters. The lowest BCUT2D eigenvalue weighted by molar-refractivity contribution is -0.132. The number of carbonyl (C=O) groups is 1. The normalized spacial score (nSPS) is 14.5. The molecule has 4 heterocycles. The highest BCUT2D eigenvalue weighted by Crippen LogP contribution is 2.25. The summed E-state index contributed by atoms with van der Waals surface area (Å²) in [5.41, 5.74) is 1.54. The SMILES string of the molecule is Cc1nn(CC(=O)N2CCCCCC2)c(=O)c2c(-n3cccc3)n(-c3ccc(Cl)cc3)nc12. The molecule has 0 spiro atoms. The maximum absolute atomic E-state index is 13.6. The molecule has 1 amide bonds. The Labute approximate surface area is 196 Å². The van der Waals surface area contributed by atoms with Gasteiger partial charge in [-0.25, -0.2) is 9.36 Å². The lowest BCUT2D eigenvalue weighted by Gasteiger charge is -2.20. The second kappa shape index (κ2) is 8.86. The molecule has 1 aromatic carbocycles. The first kappa shape index (κ1) is 21.5.